The second-order valence-corrected chi connectivity index (χ2v) is 3.58. The summed E-state index contributed by atoms with van der Waals surface area (Å²) in [6.45, 7) is 4.24. The third-order valence-electron chi connectivity index (χ3n) is 2.11. The molecule has 0 amide bonds. The normalized spacial score (nSPS) is 17.7. The van der Waals surface area contributed by atoms with Crippen molar-refractivity contribution < 1.29 is 4.52 Å². The standard InChI is InChI=1S/C9H13NO/c1-6(2)9-5-8(10-11-9)7-3-4-7/h5-7H,3-4H2,1-2H3. The summed E-state index contributed by atoms with van der Waals surface area (Å²) in [5.74, 6) is 2.20. The van der Waals surface area contributed by atoms with E-state index in [9.17, 15) is 0 Å². The highest BCUT2D eigenvalue weighted by Crippen LogP contribution is 2.39. The Bertz CT molecular complexity index is 231. The third-order valence-corrected chi connectivity index (χ3v) is 2.11. The molecule has 0 atom stereocenters. The first kappa shape index (κ1) is 6.89. The van der Waals surface area contributed by atoms with E-state index in [4.69, 9.17) is 4.52 Å². The Hall–Kier alpha value is -0.790. The van der Waals surface area contributed by atoms with E-state index in [1.54, 1.807) is 0 Å². The minimum atomic E-state index is 0.468. The monoisotopic (exact) mass is 151 g/mol. The SMILES string of the molecule is CC(C)c1cc(C2CC2)no1. The van der Waals surface area contributed by atoms with Crippen LogP contribution in [0.5, 0.6) is 0 Å². The first-order valence-corrected chi connectivity index (χ1v) is 4.24. The van der Waals surface area contributed by atoms with Gasteiger partial charge in [0.05, 0.1) is 5.69 Å². The van der Waals surface area contributed by atoms with Crippen molar-refractivity contribution in [1.29, 1.82) is 0 Å². The molecule has 1 fully saturated rings. The number of hydrogen-bond acceptors (Lipinski definition) is 2. The van der Waals surface area contributed by atoms with E-state index in [0.29, 0.717) is 11.8 Å². The molecule has 2 rings (SSSR count). The minimum Gasteiger partial charge on any atom is -0.361 e. The predicted molar refractivity (Wildman–Crippen MR) is 42.6 cm³/mol. The van der Waals surface area contributed by atoms with Gasteiger partial charge in [0, 0.05) is 17.9 Å². The van der Waals surface area contributed by atoms with E-state index in [2.05, 4.69) is 25.1 Å². The van der Waals surface area contributed by atoms with Gasteiger partial charge in [-0.2, -0.15) is 0 Å². The van der Waals surface area contributed by atoms with Gasteiger partial charge in [0.2, 0.25) is 0 Å². The molecule has 0 spiro atoms. The van der Waals surface area contributed by atoms with Gasteiger partial charge in [-0.3, -0.25) is 0 Å². The maximum Gasteiger partial charge on any atom is 0.139 e. The largest absolute Gasteiger partial charge is 0.361 e. The van der Waals surface area contributed by atoms with Crippen molar-refractivity contribution in [2.75, 3.05) is 0 Å². The Kier molecular flexibility index (Phi) is 1.48. The van der Waals surface area contributed by atoms with Crippen LogP contribution < -0.4 is 0 Å². The zero-order chi connectivity index (χ0) is 7.84. The maximum atomic E-state index is 5.18. The molecule has 0 aromatic carbocycles. The molecular weight excluding hydrogens is 138 g/mol. The topological polar surface area (TPSA) is 26.0 Å². The predicted octanol–water partition coefficient (Wildman–Crippen LogP) is 2.68. The lowest BCUT2D eigenvalue weighted by molar-refractivity contribution is 0.366. The van der Waals surface area contributed by atoms with Gasteiger partial charge in [0.25, 0.3) is 0 Å². The molecule has 1 aliphatic carbocycles. The van der Waals surface area contributed by atoms with Gasteiger partial charge >= 0.3 is 0 Å². The second kappa shape index (κ2) is 2.36. The van der Waals surface area contributed by atoms with E-state index in [1.165, 1.54) is 12.8 Å². The van der Waals surface area contributed by atoms with Gasteiger partial charge in [0.15, 0.2) is 0 Å². The van der Waals surface area contributed by atoms with Crippen molar-refractivity contribution >= 4 is 0 Å². The van der Waals surface area contributed by atoms with E-state index in [-0.39, 0.29) is 0 Å². The average Bonchev–Trinajstić information content (AvgIpc) is 2.68. The molecule has 2 heteroatoms. The van der Waals surface area contributed by atoms with Gasteiger partial charge in [-0.15, -0.1) is 0 Å². The Balaban J connectivity index is 2.18. The van der Waals surface area contributed by atoms with Gasteiger partial charge in [-0.1, -0.05) is 19.0 Å². The quantitative estimate of drug-likeness (QED) is 0.649. The van der Waals surface area contributed by atoms with Crippen LogP contribution in [0.2, 0.25) is 0 Å². The molecule has 1 aromatic rings. The molecule has 1 saturated carbocycles. The molecule has 1 heterocycles. The van der Waals surface area contributed by atoms with Crippen LogP contribution in [-0.2, 0) is 0 Å². The second-order valence-electron chi connectivity index (χ2n) is 3.58. The van der Waals surface area contributed by atoms with Crippen LogP contribution in [0.25, 0.3) is 0 Å². The molecule has 0 bridgehead atoms. The highest BCUT2D eigenvalue weighted by Gasteiger charge is 2.27. The molecule has 60 valence electrons. The van der Waals surface area contributed by atoms with Crippen molar-refractivity contribution in [3.8, 4) is 0 Å². The van der Waals surface area contributed by atoms with Crippen LogP contribution in [0, 0.1) is 0 Å². The summed E-state index contributed by atoms with van der Waals surface area (Å²) in [4.78, 5) is 0. The first-order valence-electron chi connectivity index (χ1n) is 4.24. The van der Waals surface area contributed by atoms with Crippen molar-refractivity contribution in [1.82, 2.24) is 5.16 Å². The van der Waals surface area contributed by atoms with Crippen LogP contribution in [0.1, 0.15) is 50.0 Å². The molecule has 11 heavy (non-hydrogen) atoms. The Morgan fingerprint density at radius 2 is 2.27 bits per heavy atom. The minimum absolute atomic E-state index is 0.468. The zero-order valence-corrected chi connectivity index (χ0v) is 7.00. The summed E-state index contributed by atoms with van der Waals surface area (Å²) in [6.07, 6.45) is 2.59. The van der Waals surface area contributed by atoms with Crippen LogP contribution in [-0.4, -0.2) is 5.16 Å². The van der Waals surface area contributed by atoms with Gasteiger partial charge in [-0.05, 0) is 12.8 Å². The molecule has 0 aliphatic heterocycles. The van der Waals surface area contributed by atoms with Crippen molar-refractivity contribution in [2.24, 2.45) is 0 Å². The van der Waals surface area contributed by atoms with Crippen molar-refractivity contribution in [3.05, 3.63) is 17.5 Å². The number of aromatic nitrogens is 1. The summed E-state index contributed by atoms with van der Waals surface area (Å²) < 4.78 is 5.18. The fraction of sp³-hybridized carbons (Fsp3) is 0.667. The Morgan fingerprint density at radius 3 is 2.73 bits per heavy atom. The Labute approximate surface area is 66.6 Å². The molecule has 1 aliphatic rings. The van der Waals surface area contributed by atoms with E-state index < -0.39 is 0 Å². The Morgan fingerprint density at radius 1 is 1.55 bits per heavy atom. The lowest BCUT2D eigenvalue weighted by Crippen LogP contribution is -1.80. The summed E-state index contributed by atoms with van der Waals surface area (Å²) in [5, 5.41) is 4.02. The maximum absolute atomic E-state index is 5.18. The molecule has 1 aromatic heterocycles. The molecule has 0 saturated heterocycles. The zero-order valence-electron chi connectivity index (χ0n) is 7.00. The number of hydrogen-bond donors (Lipinski definition) is 0. The summed E-state index contributed by atoms with van der Waals surface area (Å²) >= 11 is 0. The number of nitrogens with zero attached hydrogens (tertiary/aromatic N) is 1. The highest BCUT2D eigenvalue weighted by atomic mass is 16.5. The fourth-order valence-corrected chi connectivity index (χ4v) is 1.15. The van der Waals surface area contributed by atoms with Crippen molar-refractivity contribution in [3.63, 3.8) is 0 Å². The summed E-state index contributed by atoms with van der Waals surface area (Å²) in [5.41, 5.74) is 1.16. The van der Waals surface area contributed by atoms with Crippen molar-refractivity contribution in [2.45, 2.75) is 38.5 Å². The number of rotatable bonds is 2. The molecular formula is C9H13NO. The van der Waals surface area contributed by atoms with Crippen LogP contribution in [0.15, 0.2) is 10.6 Å². The van der Waals surface area contributed by atoms with Gasteiger partial charge < -0.3 is 4.52 Å². The van der Waals surface area contributed by atoms with Crippen LogP contribution in [0.3, 0.4) is 0 Å². The van der Waals surface area contributed by atoms with E-state index in [1.807, 2.05) is 0 Å². The lowest BCUT2D eigenvalue weighted by atomic mass is 10.1. The fourth-order valence-electron chi connectivity index (χ4n) is 1.15. The lowest BCUT2D eigenvalue weighted by Gasteiger charge is -1.93. The molecule has 0 unspecified atom stereocenters. The smallest absolute Gasteiger partial charge is 0.139 e. The highest BCUT2D eigenvalue weighted by molar-refractivity contribution is 5.16. The van der Waals surface area contributed by atoms with Gasteiger partial charge in [0.1, 0.15) is 5.76 Å². The van der Waals surface area contributed by atoms with Crippen LogP contribution in [0.4, 0.5) is 0 Å². The summed E-state index contributed by atoms with van der Waals surface area (Å²) in [6, 6.07) is 2.10. The first-order chi connectivity index (χ1) is 5.27. The van der Waals surface area contributed by atoms with Crippen LogP contribution >= 0.6 is 0 Å². The third kappa shape index (κ3) is 1.30. The molecule has 0 N–H and O–H groups in total. The summed E-state index contributed by atoms with van der Waals surface area (Å²) in [7, 11) is 0. The van der Waals surface area contributed by atoms with Gasteiger partial charge in [-0.25, -0.2) is 0 Å². The average molecular weight is 151 g/mol. The van der Waals surface area contributed by atoms with E-state index >= 15 is 0 Å². The molecule has 2 nitrogen and oxygen atoms in total. The van der Waals surface area contributed by atoms with E-state index in [0.717, 1.165) is 11.5 Å². The molecule has 0 radical (unpaired) electrons.